The summed E-state index contributed by atoms with van der Waals surface area (Å²) in [6, 6.07) is -1.64. The second-order valence-electron chi connectivity index (χ2n) is 2.07. The van der Waals surface area contributed by atoms with E-state index < -0.39 is 12.2 Å². The fourth-order valence-corrected chi connectivity index (χ4v) is 0.568. The van der Waals surface area contributed by atoms with E-state index in [0.717, 1.165) is 0 Å². The lowest BCUT2D eigenvalue weighted by atomic mass is 10.2. The van der Waals surface area contributed by atoms with Gasteiger partial charge in [-0.25, -0.2) is 5.43 Å². The van der Waals surface area contributed by atoms with Crippen molar-refractivity contribution in [1.29, 1.82) is 0 Å². The summed E-state index contributed by atoms with van der Waals surface area (Å²) in [6.07, 6.45) is -1.43. The zero-order chi connectivity index (χ0) is 8.91. The molecule has 0 fully saturated rings. The Bertz CT molecular complexity index is 130. The highest BCUT2D eigenvalue weighted by Gasteiger charge is 2.37. The number of hydrogen-bond acceptors (Lipinski definition) is 2. The van der Waals surface area contributed by atoms with Crippen LogP contribution in [0.2, 0.25) is 0 Å². The topological polar surface area (TPSA) is 38.0 Å². The molecule has 11 heavy (non-hydrogen) atoms. The third-order valence-corrected chi connectivity index (χ3v) is 1.20. The first kappa shape index (κ1) is 10.4. The molecule has 0 heterocycles. The van der Waals surface area contributed by atoms with E-state index in [4.69, 9.17) is 5.84 Å². The SMILES string of the molecule is CC=CCC(NN)C(F)(F)F. The van der Waals surface area contributed by atoms with Crippen LogP contribution in [0, 0.1) is 0 Å². The molecule has 1 atom stereocenters. The molecule has 0 aromatic carbocycles. The minimum absolute atomic E-state index is 0.128. The first-order valence-electron chi connectivity index (χ1n) is 3.16. The second-order valence-corrected chi connectivity index (χ2v) is 2.07. The summed E-state index contributed by atoms with van der Waals surface area (Å²) in [5.41, 5.74) is 1.70. The number of alkyl halides is 3. The molecule has 0 aromatic heterocycles. The fourth-order valence-electron chi connectivity index (χ4n) is 0.568. The zero-order valence-electron chi connectivity index (χ0n) is 6.15. The van der Waals surface area contributed by atoms with Crippen LogP contribution in [-0.4, -0.2) is 12.2 Å². The predicted molar refractivity (Wildman–Crippen MR) is 36.6 cm³/mol. The van der Waals surface area contributed by atoms with Crippen LogP contribution >= 0.6 is 0 Å². The van der Waals surface area contributed by atoms with E-state index in [0.29, 0.717) is 0 Å². The average Bonchev–Trinajstić information content (AvgIpc) is 1.87. The minimum atomic E-state index is -4.27. The molecule has 0 aromatic rings. The molecule has 2 nitrogen and oxygen atoms in total. The van der Waals surface area contributed by atoms with Gasteiger partial charge in [0.25, 0.3) is 0 Å². The lowest BCUT2D eigenvalue weighted by Crippen LogP contribution is -2.45. The van der Waals surface area contributed by atoms with Crippen molar-refractivity contribution in [1.82, 2.24) is 5.43 Å². The Balaban J connectivity index is 3.96. The van der Waals surface area contributed by atoms with Crippen LogP contribution < -0.4 is 11.3 Å². The van der Waals surface area contributed by atoms with Crippen LogP contribution in [0.1, 0.15) is 13.3 Å². The van der Waals surface area contributed by atoms with E-state index in [2.05, 4.69) is 0 Å². The molecule has 0 amide bonds. The van der Waals surface area contributed by atoms with E-state index in [1.165, 1.54) is 6.08 Å². The molecule has 0 rings (SSSR count). The molecule has 0 aliphatic carbocycles. The Kier molecular flexibility index (Phi) is 4.14. The van der Waals surface area contributed by atoms with Crippen LogP contribution in [0.3, 0.4) is 0 Å². The predicted octanol–water partition coefficient (Wildman–Crippen LogP) is 1.35. The number of rotatable bonds is 3. The molecule has 5 heteroatoms. The van der Waals surface area contributed by atoms with Gasteiger partial charge in [0.2, 0.25) is 0 Å². The average molecular weight is 168 g/mol. The van der Waals surface area contributed by atoms with Crippen molar-refractivity contribution in [2.45, 2.75) is 25.6 Å². The zero-order valence-corrected chi connectivity index (χ0v) is 6.15. The van der Waals surface area contributed by atoms with Crippen molar-refractivity contribution < 1.29 is 13.2 Å². The summed E-state index contributed by atoms with van der Waals surface area (Å²) in [4.78, 5) is 0. The smallest absolute Gasteiger partial charge is 0.271 e. The van der Waals surface area contributed by atoms with Crippen LogP contribution in [0.15, 0.2) is 12.2 Å². The van der Waals surface area contributed by atoms with E-state index in [1.807, 2.05) is 0 Å². The molecule has 0 aliphatic heterocycles. The van der Waals surface area contributed by atoms with Crippen LogP contribution in [0.25, 0.3) is 0 Å². The van der Waals surface area contributed by atoms with Crippen molar-refractivity contribution in [2.75, 3.05) is 0 Å². The lowest BCUT2D eigenvalue weighted by Gasteiger charge is -2.16. The quantitative estimate of drug-likeness (QED) is 0.379. The number of hydrazine groups is 1. The molecule has 0 radical (unpaired) electrons. The normalized spacial score (nSPS) is 15.7. The fraction of sp³-hybridized carbons (Fsp3) is 0.667. The number of nitrogens with two attached hydrogens (primary N) is 1. The Morgan fingerprint density at radius 2 is 2.09 bits per heavy atom. The first-order chi connectivity index (χ1) is 5.02. The Morgan fingerprint density at radius 3 is 2.36 bits per heavy atom. The Hall–Kier alpha value is -0.550. The molecule has 0 saturated heterocycles. The highest BCUT2D eigenvalue weighted by molar-refractivity contribution is 4.86. The highest BCUT2D eigenvalue weighted by Crippen LogP contribution is 2.21. The van der Waals surface area contributed by atoms with Gasteiger partial charge >= 0.3 is 6.18 Å². The summed E-state index contributed by atoms with van der Waals surface area (Å²) < 4.78 is 35.6. The van der Waals surface area contributed by atoms with Gasteiger partial charge in [-0.2, -0.15) is 13.2 Å². The van der Waals surface area contributed by atoms with Crippen molar-refractivity contribution in [3.8, 4) is 0 Å². The van der Waals surface area contributed by atoms with Crippen LogP contribution in [-0.2, 0) is 0 Å². The number of nitrogens with one attached hydrogen (secondary N) is 1. The number of halogens is 3. The van der Waals surface area contributed by atoms with Gasteiger partial charge in [0, 0.05) is 0 Å². The Morgan fingerprint density at radius 1 is 1.55 bits per heavy atom. The van der Waals surface area contributed by atoms with Gasteiger partial charge in [0.1, 0.15) is 6.04 Å². The summed E-state index contributed by atoms with van der Waals surface area (Å²) in [5, 5.41) is 0. The van der Waals surface area contributed by atoms with Crippen LogP contribution in [0.4, 0.5) is 13.2 Å². The van der Waals surface area contributed by atoms with Gasteiger partial charge in [0.15, 0.2) is 0 Å². The van der Waals surface area contributed by atoms with E-state index in [-0.39, 0.29) is 6.42 Å². The largest absolute Gasteiger partial charge is 0.405 e. The molecule has 3 N–H and O–H groups in total. The molecular formula is C6H11F3N2. The number of allylic oxidation sites excluding steroid dienone is 1. The monoisotopic (exact) mass is 168 g/mol. The molecule has 0 aliphatic rings. The lowest BCUT2D eigenvalue weighted by molar-refractivity contribution is -0.155. The maximum atomic E-state index is 11.9. The van der Waals surface area contributed by atoms with Gasteiger partial charge in [-0.1, -0.05) is 12.2 Å². The highest BCUT2D eigenvalue weighted by atomic mass is 19.4. The molecule has 1 unspecified atom stereocenters. The second kappa shape index (κ2) is 4.35. The van der Waals surface area contributed by atoms with Gasteiger partial charge in [0.05, 0.1) is 0 Å². The molecule has 0 bridgehead atoms. The molecular weight excluding hydrogens is 157 g/mol. The van der Waals surface area contributed by atoms with Crippen molar-refractivity contribution in [3.05, 3.63) is 12.2 Å². The van der Waals surface area contributed by atoms with E-state index in [9.17, 15) is 13.2 Å². The van der Waals surface area contributed by atoms with Gasteiger partial charge in [-0.3, -0.25) is 5.84 Å². The van der Waals surface area contributed by atoms with Gasteiger partial charge in [-0.15, -0.1) is 0 Å². The Labute approximate surface area is 63.2 Å². The van der Waals surface area contributed by atoms with Crippen LogP contribution in [0.5, 0.6) is 0 Å². The summed E-state index contributed by atoms with van der Waals surface area (Å²) >= 11 is 0. The maximum Gasteiger partial charge on any atom is 0.405 e. The molecule has 0 spiro atoms. The van der Waals surface area contributed by atoms with Gasteiger partial charge < -0.3 is 0 Å². The summed E-state index contributed by atoms with van der Waals surface area (Å²) in [6.45, 7) is 1.66. The third kappa shape index (κ3) is 4.00. The number of hydrogen-bond donors (Lipinski definition) is 2. The summed E-state index contributed by atoms with van der Waals surface area (Å²) in [7, 11) is 0. The standard InChI is InChI=1S/C6H11F3N2/c1-2-3-4-5(11-10)6(7,8)9/h2-3,5,11H,4,10H2,1H3. The van der Waals surface area contributed by atoms with Crippen molar-refractivity contribution in [3.63, 3.8) is 0 Å². The van der Waals surface area contributed by atoms with Crippen molar-refractivity contribution in [2.24, 2.45) is 5.84 Å². The van der Waals surface area contributed by atoms with Crippen molar-refractivity contribution >= 4 is 0 Å². The van der Waals surface area contributed by atoms with E-state index >= 15 is 0 Å². The van der Waals surface area contributed by atoms with Gasteiger partial charge in [-0.05, 0) is 13.3 Å². The summed E-state index contributed by atoms with van der Waals surface area (Å²) in [5.74, 6) is 4.70. The van der Waals surface area contributed by atoms with E-state index in [1.54, 1.807) is 18.4 Å². The molecule has 66 valence electrons. The maximum absolute atomic E-state index is 11.9. The first-order valence-corrected chi connectivity index (χ1v) is 3.16. The minimum Gasteiger partial charge on any atom is -0.271 e. The third-order valence-electron chi connectivity index (χ3n) is 1.20. The molecule has 0 saturated carbocycles.